The molecule has 0 aromatic carbocycles. The first-order valence-electron chi connectivity index (χ1n) is 3.98. The van der Waals surface area contributed by atoms with Crippen molar-refractivity contribution in [2.75, 3.05) is 18.1 Å². The maximum atomic E-state index is 5.29. The minimum Gasteiger partial charge on any atom is -0.346 e. The Bertz CT molecular complexity index is 224. The van der Waals surface area contributed by atoms with E-state index in [0.717, 1.165) is 5.56 Å². The van der Waals surface area contributed by atoms with Gasteiger partial charge in [0.25, 0.3) is 0 Å². The third-order valence-corrected chi connectivity index (χ3v) is 1.60. The lowest BCUT2D eigenvalue weighted by Crippen LogP contribution is -1.96. The van der Waals surface area contributed by atoms with Crippen LogP contribution < -0.4 is 0 Å². The summed E-state index contributed by atoms with van der Waals surface area (Å²) in [4.78, 5) is 5.88. The lowest BCUT2D eigenvalue weighted by Gasteiger charge is -2.07. The molecule has 0 saturated carbocycles. The van der Waals surface area contributed by atoms with Gasteiger partial charge in [0, 0.05) is 18.0 Å². The van der Waals surface area contributed by atoms with Gasteiger partial charge >= 0.3 is 0 Å². The second-order valence-corrected chi connectivity index (χ2v) is 2.35. The summed E-state index contributed by atoms with van der Waals surface area (Å²) < 4.78 is 10.6. The Balaban J connectivity index is 0.000000396. The average molecular weight is 293 g/mol. The van der Waals surface area contributed by atoms with Crippen LogP contribution in [0.1, 0.15) is 11.9 Å². The Labute approximate surface area is 91.6 Å². The van der Waals surface area contributed by atoms with Gasteiger partial charge < -0.3 is 9.47 Å². The van der Waals surface area contributed by atoms with E-state index in [1.165, 1.54) is 0 Å². The molecule has 1 saturated heterocycles. The summed E-state index contributed by atoms with van der Waals surface area (Å²) in [6.07, 6.45) is 3.30. The molecule has 2 heterocycles. The lowest BCUT2D eigenvalue weighted by molar-refractivity contribution is -0.0441. The Kier molecular flexibility index (Phi) is 5.26. The number of aromatic nitrogens is 1. The van der Waals surface area contributed by atoms with Gasteiger partial charge in [-0.2, -0.15) is 0 Å². The van der Waals surface area contributed by atoms with Crippen molar-refractivity contribution in [3.63, 3.8) is 0 Å². The molecule has 0 bridgehead atoms. The Morgan fingerprint density at radius 1 is 1.23 bits per heavy atom. The predicted molar refractivity (Wildman–Crippen MR) is 58.8 cm³/mol. The molecule has 1 aliphatic rings. The molecule has 0 atom stereocenters. The van der Waals surface area contributed by atoms with Gasteiger partial charge in [0.05, 0.1) is 13.2 Å². The molecule has 1 fully saturated rings. The van der Waals surface area contributed by atoms with E-state index in [2.05, 4.69) is 27.6 Å². The van der Waals surface area contributed by atoms with Crippen molar-refractivity contribution in [3.8, 4) is 0 Å². The molecule has 1 aromatic heterocycles. The molecular formula is C9H12INO2. The fourth-order valence-electron chi connectivity index (χ4n) is 1.07. The standard InChI is InChI=1S/C8H9NO2.CH3I/c1-3-9-4-2-7(1)8-10-5-6-11-8;1-2/h1-4,8H,5-6H2;1H3. The van der Waals surface area contributed by atoms with E-state index in [4.69, 9.17) is 9.47 Å². The van der Waals surface area contributed by atoms with Crippen LogP contribution in [0.15, 0.2) is 24.5 Å². The number of alkyl halides is 1. The summed E-state index contributed by atoms with van der Waals surface area (Å²) in [6.45, 7) is 1.37. The van der Waals surface area contributed by atoms with Crippen LogP contribution in [0.3, 0.4) is 0 Å². The maximum Gasteiger partial charge on any atom is 0.184 e. The minimum absolute atomic E-state index is 0.169. The highest BCUT2D eigenvalue weighted by Crippen LogP contribution is 2.21. The summed E-state index contributed by atoms with van der Waals surface area (Å²) >= 11 is 2.15. The molecular weight excluding hydrogens is 281 g/mol. The van der Waals surface area contributed by atoms with Crippen LogP contribution >= 0.6 is 22.6 Å². The first-order chi connectivity index (χ1) is 6.47. The maximum absolute atomic E-state index is 5.29. The zero-order valence-electron chi connectivity index (χ0n) is 7.44. The van der Waals surface area contributed by atoms with Gasteiger partial charge in [0.15, 0.2) is 6.29 Å². The topological polar surface area (TPSA) is 31.4 Å². The van der Waals surface area contributed by atoms with Crippen molar-refractivity contribution in [2.45, 2.75) is 6.29 Å². The zero-order valence-corrected chi connectivity index (χ0v) is 9.60. The van der Waals surface area contributed by atoms with Crippen molar-refractivity contribution in [1.29, 1.82) is 0 Å². The zero-order chi connectivity index (χ0) is 9.52. The van der Waals surface area contributed by atoms with E-state index in [9.17, 15) is 0 Å². The molecule has 0 N–H and O–H groups in total. The highest BCUT2D eigenvalue weighted by molar-refractivity contribution is 14.1. The van der Waals surface area contributed by atoms with Gasteiger partial charge in [0.2, 0.25) is 0 Å². The molecule has 72 valence electrons. The summed E-state index contributed by atoms with van der Waals surface area (Å²) in [5.41, 5.74) is 1.04. The van der Waals surface area contributed by atoms with Gasteiger partial charge in [-0.3, -0.25) is 4.98 Å². The van der Waals surface area contributed by atoms with E-state index in [1.54, 1.807) is 12.4 Å². The number of nitrogens with zero attached hydrogens (tertiary/aromatic N) is 1. The minimum atomic E-state index is -0.169. The van der Waals surface area contributed by atoms with Crippen molar-refractivity contribution in [3.05, 3.63) is 30.1 Å². The number of hydrogen-bond donors (Lipinski definition) is 0. The van der Waals surface area contributed by atoms with Crippen molar-refractivity contribution in [1.82, 2.24) is 4.98 Å². The third kappa shape index (κ3) is 3.21. The largest absolute Gasteiger partial charge is 0.346 e. The van der Waals surface area contributed by atoms with Crippen LogP contribution in [0.5, 0.6) is 0 Å². The van der Waals surface area contributed by atoms with Gasteiger partial charge in [-0.25, -0.2) is 0 Å². The SMILES string of the molecule is CI.c1cc(C2OCCO2)ccn1. The molecule has 0 unspecified atom stereocenters. The van der Waals surface area contributed by atoms with E-state index < -0.39 is 0 Å². The fraction of sp³-hybridized carbons (Fsp3) is 0.444. The summed E-state index contributed by atoms with van der Waals surface area (Å²) in [5, 5.41) is 0. The fourth-order valence-corrected chi connectivity index (χ4v) is 1.07. The van der Waals surface area contributed by atoms with Crippen LogP contribution in [0.2, 0.25) is 0 Å². The van der Waals surface area contributed by atoms with E-state index in [0.29, 0.717) is 13.2 Å². The Morgan fingerprint density at radius 3 is 2.31 bits per heavy atom. The van der Waals surface area contributed by atoms with Gasteiger partial charge in [-0.05, 0) is 17.1 Å². The monoisotopic (exact) mass is 293 g/mol. The number of pyridine rings is 1. The Hall–Kier alpha value is -0.200. The van der Waals surface area contributed by atoms with Crippen LogP contribution in [-0.4, -0.2) is 23.1 Å². The quantitative estimate of drug-likeness (QED) is 0.587. The molecule has 0 amide bonds. The van der Waals surface area contributed by atoms with E-state index in [1.807, 2.05) is 17.1 Å². The predicted octanol–water partition coefficient (Wildman–Crippen LogP) is 2.18. The normalized spacial score (nSPS) is 16.5. The van der Waals surface area contributed by atoms with Gasteiger partial charge in [-0.1, -0.05) is 22.6 Å². The molecule has 0 spiro atoms. The van der Waals surface area contributed by atoms with Crippen LogP contribution in [0.4, 0.5) is 0 Å². The van der Waals surface area contributed by atoms with E-state index >= 15 is 0 Å². The molecule has 0 aliphatic carbocycles. The summed E-state index contributed by atoms with van der Waals surface area (Å²) in [6, 6.07) is 3.80. The van der Waals surface area contributed by atoms with Gasteiger partial charge in [-0.15, -0.1) is 0 Å². The first-order valence-corrected chi connectivity index (χ1v) is 6.13. The molecule has 13 heavy (non-hydrogen) atoms. The average Bonchev–Trinajstić information content (AvgIpc) is 2.75. The number of ether oxygens (including phenoxy) is 2. The van der Waals surface area contributed by atoms with Gasteiger partial charge in [0.1, 0.15) is 0 Å². The summed E-state index contributed by atoms with van der Waals surface area (Å²) in [7, 11) is 0. The number of hydrogen-bond acceptors (Lipinski definition) is 3. The van der Waals surface area contributed by atoms with Crippen LogP contribution in [0.25, 0.3) is 0 Å². The molecule has 1 aromatic rings. The van der Waals surface area contributed by atoms with Crippen molar-refractivity contribution < 1.29 is 9.47 Å². The molecule has 0 radical (unpaired) electrons. The second kappa shape index (κ2) is 6.28. The summed E-state index contributed by atoms with van der Waals surface area (Å²) in [5.74, 6) is 0. The highest BCUT2D eigenvalue weighted by atomic mass is 127. The van der Waals surface area contributed by atoms with Crippen molar-refractivity contribution in [2.24, 2.45) is 0 Å². The molecule has 4 heteroatoms. The lowest BCUT2D eigenvalue weighted by atomic mass is 10.3. The number of rotatable bonds is 1. The Morgan fingerprint density at radius 2 is 1.77 bits per heavy atom. The highest BCUT2D eigenvalue weighted by Gasteiger charge is 2.17. The second-order valence-electron chi connectivity index (χ2n) is 2.35. The van der Waals surface area contributed by atoms with E-state index in [-0.39, 0.29) is 6.29 Å². The van der Waals surface area contributed by atoms with Crippen LogP contribution in [0, 0.1) is 0 Å². The first kappa shape index (κ1) is 10.9. The molecule has 2 rings (SSSR count). The molecule has 3 nitrogen and oxygen atoms in total. The smallest absolute Gasteiger partial charge is 0.184 e. The van der Waals surface area contributed by atoms with Crippen LogP contribution in [-0.2, 0) is 9.47 Å². The van der Waals surface area contributed by atoms with Crippen molar-refractivity contribution >= 4 is 22.6 Å². The third-order valence-electron chi connectivity index (χ3n) is 1.60. The number of halogens is 1. The molecule has 1 aliphatic heterocycles.